The summed E-state index contributed by atoms with van der Waals surface area (Å²) in [4.78, 5) is 2.18. The predicted octanol–water partition coefficient (Wildman–Crippen LogP) is 13.0. The average molecular weight is 605 g/mol. The minimum atomic E-state index is -0.400. The molecule has 0 heterocycles. The van der Waals surface area contributed by atoms with E-state index in [1.807, 2.05) is 30.3 Å². The molecule has 0 saturated carbocycles. The topological polar surface area (TPSA) is 3.24 Å². The molecule has 0 unspecified atom stereocenters. The summed E-state index contributed by atoms with van der Waals surface area (Å²) in [6, 6.07) is 56.8. The first-order chi connectivity index (χ1) is 25.4. The molecule has 0 bridgehead atoms. The molecular weight excluding hydrogens is 567 g/mol. The van der Waals surface area contributed by atoms with Crippen LogP contribution in [0.3, 0.4) is 0 Å². The third-order valence-corrected chi connectivity index (χ3v) is 8.55. The molecule has 0 aliphatic carbocycles. The summed E-state index contributed by atoms with van der Waals surface area (Å²) in [7, 11) is 0. The van der Waals surface area contributed by atoms with E-state index in [-0.39, 0.29) is 29.7 Å². The van der Waals surface area contributed by atoms with Gasteiger partial charge in [0.1, 0.15) is 0 Å². The van der Waals surface area contributed by atoms with Crippen molar-refractivity contribution in [3.05, 3.63) is 200 Å². The highest BCUT2D eigenvalue weighted by Gasteiger charge is 2.15. The van der Waals surface area contributed by atoms with E-state index < -0.39 is 6.04 Å². The first kappa shape index (κ1) is 23.2. The standard InChI is InChI=1S/C46H33N/c1-3-10-34(11-4-1)37-18-20-38(21-19-37)40-26-30-45(31-27-40)47(44-28-24-39(25-29-44)35-12-5-2-6-13-35)46-17-9-16-42(33-46)43-23-22-36-14-7-8-15-41(36)32-43/h1-33H/i2D,5D,6D,12D,13D. The minimum absolute atomic E-state index is 0.185. The Morgan fingerprint density at radius 1 is 0.298 bits per heavy atom. The van der Waals surface area contributed by atoms with Gasteiger partial charge in [-0.1, -0.05) is 158 Å². The first-order valence-electron chi connectivity index (χ1n) is 18.2. The third kappa shape index (κ3) is 5.95. The van der Waals surface area contributed by atoms with Crippen LogP contribution in [0.5, 0.6) is 0 Å². The number of hydrogen-bond donors (Lipinski definition) is 0. The summed E-state index contributed by atoms with van der Waals surface area (Å²) in [6.45, 7) is 0. The molecule has 0 amide bonds. The van der Waals surface area contributed by atoms with Crippen LogP contribution in [0.2, 0.25) is 0 Å². The van der Waals surface area contributed by atoms with Crippen LogP contribution in [0.4, 0.5) is 17.1 Å². The summed E-state index contributed by atoms with van der Waals surface area (Å²) in [6.07, 6.45) is 0. The van der Waals surface area contributed by atoms with Crippen LogP contribution in [0.25, 0.3) is 55.3 Å². The zero-order chi connectivity index (χ0) is 35.8. The van der Waals surface area contributed by atoms with Gasteiger partial charge in [-0.25, -0.2) is 0 Å². The summed E-state index contributed by atoms with van der Waals surface area (Å²) in [5.74, 6) is 0. The Labute approximate surface area is 283 Å². The predicted molar refractivity (Wildman–Crippen MR) is 200 cm³/mol. The Kier molecular flexibility index (Phi) is 6.25. The SMILES string of the molecule is [2H]c1c([2H])c([2H])c(-c2ccc(N(c3ccc(-c4ccc(-c5ccccc5)cc4)cc3)c3cccc(-c4ccc5ccccc5c4)c3)cc2)c([2H])c1[2H]. The fourth-order valence-corrected chi connectivity index (χ4v) is 6.10. The van der Waals surface area contributed by atoms with Gasteiger partial charge in [-0.05, 0) is 97.7 Å². The molecular formula is C46H33N. The van der Waals surface area contributed by atoms with Gasteiger partial charge in [-0.2, -0.15) is 0 Å². The maximum atomic E-state index is 8.50. The Bertz CT molecular complexity index is 2520. The van der Waals surface area contributed by atoms with E-state index >= 15 is 0 Å². The van der Waals surface area contributed by atoms with Gasteiger partial charge in [-0.15, -0.1) is 0 Å². The van der Waals surface area contributed by atoms with E-state index in [9.17, 15) is 0 Å². The smallest absolute Gasteiger partial charge is 0.0629 e. The number of nitrogens with zero attached hydrogens (tertiary/aromatic N) is 1. The molecule has 0 atom stereocenters. The van der Waals surface area contributed by atoms with Crippen molar-refractivity contribution >= 4 is 27.8 Å². The Hall–Kier alpha value is -6.18. The lowest BCUT2D eigenvalue weighted by Crippen LogP contribution is -2.10. The number of rotatable bonds is 7. The molecule has 0 fully saturated rings. The van der Waals surface area contributed by atoms with Crippen molar-refractivity contribution in [3.63, 3.8) is 0 Å². The number of benzene rings is 8. The Morgan fingerprint density at radius 2 is 0.766 bits per heavy atom. The minimum Gasteiger partial charge on any atom is -0.310 e. The molecule has 0 spiro atoms. The van der Waals surface area contributed by atoms with Crippen LogP contribution in [-0.2, 0) is 0 Å². The Morgan fingerprint density at radius 3 is 1.40 bits per heavy atom. The fourth-order valence-electron chi connectivity index (χ4n) is 6.10. The van der Waals surface area contributed by atoms with Crippen molar-refractivity contribution in [2.75, 3.05) is 4.90 Å². The fraction of sp³-hybridized carbons (Fsp3) is 0. The van der Waals surface area contributed by atoms with Gasteiger partial charge in [0.25, 0.3) is 0 Å². The van der Waals surface area contributed by atoms with Crippen LogP contribution >= 0.6 is 0 Å². The second kappa shape index (κ2) is 12.7. The molecule has 1 heteroatoms. The number of fused-ring (bicyclic) bond motifs is 1. The maximum Gasteiger partial charge on any atom is 0.0629 e. The lowest BCUT2D eigenvalue weighted by molar-refractivity contribution is 1.28. The van der Waals surface area contributed by atoms with Gasteiger partial charge in [-0.3, -0.25) is 0 Å². The maximum absolute atomic E-state index is 8.50. The van der Waals surface area contributed by atoms with E-state index in [0.717, 1.165) is 39.3 Å². The molecule has 0 radical (unpaired) electrons. The van der Waals surface area contributed by atoms with Crippen molar-refractivity contribution in [2.24, 2.45) is 0 Å². The van der Waals surface area contributed by atoms with Crippen molar-refractivity contribution in [3.8, 4) is 44.5 Å². The molecule has 0 aromatic heterocycles. The van der Waals surface area contributed by atoms with Crippen molar-refractivity contribution in [1.29, 1.82) is 0 Å². The molecule has 222 valence electrons. The van der Waals surface area contributed by atoms with Gasteiger partial charge in [0.15, 0.2) is 0 Å². The van der Waals surface area contributed by atoms with Gasteiger partial charge in [0.2, 0.25) is 0 Å². The normalized spacial score (nSPS) is 12.5. The van der Waals surface area contributed by atoms with Crippen LogP contribution in [0, 0.1) is 0 Å². The van der Waals surface area contributed by atoms with Crippen molar-refractivity contribution in [1.82, 2.24) is 0 Å². The first-order valence-corrected chi connectivity index (χ1v) is 15.7. The van der Waals surface area contributed by atoms with Gasteiger partial charge < -0.3 is 4.90 Å². The highest BCUT2D eigenvalue weighted by Crippen LogP contribution is 2.39. The highest BCUT2D eigenvalue weighted by molar-refractivity contribution is 5.89. The van der Waals surface area contributed by atoms with Crippen molar-refractivity contribution < 1.29 is 6.85 Å². The molecule has 0 N–H and O–H groups in total. The van der Waals surface area contributed by atoms with Crippen LogP contribution < -0.4 is 4.90 Å². The van der Waals surface area contributed by atoms with Crippen LogP contribution in [0.1, 0.15) is 6.85 Å². The highest BCUT2D eigenvalue weighted by atomic mass is 15.1. The molecule has 1 nitrogen and oxygen atoms in total. The summed E-state index contributed by atoms with van der Waals surface area (Å²) < 4.78 is 41.3. The van der Waals surface area contributed by atoms with Gasteiger partial charge in [0, 0.05) is 17.1 Å². The molecule has 0 aliphatic rings. The largest absolute Gasteiger partial charge is 0.310 e. The van der Waals surface area contributed by atoms with Crippen LogP contribution in [0.15, 0.2) is 200 Å². The molecule has 0 saturated heterocycles. The Balaban J connectivity index is 1.19. The lowest BCUT2D eigenvalue weighted by Gasteiger charge is -2.26. The van der Waals surface area contributed by atoms with Crippen LogP contribution in [-0.4, -0.2) is 0 Å². The zero-order valence-electron chi connectivity index (χ0n) is 30.6. The molecule has 47 heavy (non-hydrogen) atoms. The monoisotopic (exact) mass is 604 g/mol. The second-order valence-corrected chi connectivity index (χ2v) is 11.5. The summed E-state index contributed by atoms with van der Waals surface area (Å²) >= 11 is 0. The number of hydrogen-bond acceptors (Lipinski definition) is 1. The summed E-state index contributed by atoms with van der Waals surface area (Å²) in [5.41, 5.74) is 10.3. The summed E-state index contributed by atoms with van der Waals surface area (Å²) in [5, 5.41) is 2.37. The van der Waals surface area contributed by atoms with Gasteiger partial charge in [0.05, 0.1) is 6.85 Å². The van der Waals surface area contributed by atoms with E-state index in [4.69, 9.17) is 6.85 Å². The van der Waals surface area contributed by atoms with Gasteiger partial charge >= 0.3 is 0 Å². The van der Waals surface area contributed by atoms with E-state index in [0.29, 0.717) is 5.56 Å². The molecule has 8 rings (SSSR count). The van der Waals surface area contributed by atoms with E-state index in [2.05, 4.69) is 144 Å². The van der Waals surface area contributed by atoms with Crippen molar-refractivity contribution in [2.45, 2.75) is 0 Å². The molecule has 8 aromatic rings. The third-order valence-electron chi connectivity index (χ3n) is 8.55. The zero-order valence-corrected chi connectivity index (χ0v) is 25.6. The molecule has 0 aliphatic heterocycles. The molecule has 8 aromatic carbocycles. The second-order valence-electron chi connectivity index (χ2n) is 11.5. The average Bonchev–Trinajstić information content (AvgIpc) is 3.21. The van der Waals surface area contributed by atoms with E-state index in [1.165, 1.54) is 21.9 Å². The number of anilines is 3. The lowest BCUT2D eigenvalue weighted by atomic mass is 9.99. The quantitative estimate of drug-likeness (QED) is 0.175. The van der Waals surface area contributed by atoms with E-state index in [1.54, 1.807) is 0 Å².